The van der Waals surface area contributed by atoms with E-state index in [-0.39, 0.29) is 115 Å². The van der Waals surface area contributed by atoms with Crippen molar-refractivity contribution in [3.8, 4) is 24.3 Å². The molecule has 32 heteroatoms. The van der Waals surface area contributed by atoms with Crippen LogP contribution < -0.4 is 21.2 Å². The van der Waals surface area contributed by atoms with Crippen molar-refractivity contribution >= 4 is 156 Å². The third-order valence-electron chi connectivity index (χ3n) is 14.4. The van der Waals surface area contributed by atoms with Crippen LogP contribution in [-0.2, 0) is 26.1 Å². The molecular weight excluding hydrogens is 1540 g/mol. The molecule has 12 aromatic rings. The highest BCUT2D eigenvalue weighted by Crippen LogP contribution is 2.37. The van der Waals surface area contributed by atoms with Gasteiger partial charge >= 0.3 is 0 Å². The summed E-state index contributed by atoms with van der Waals surface area (Å²) in [5, 5.41) is 38.1. The molecule has 20 nitrogen and oxygen atoms in total. The lowest BCUT2D eigenvalue weighted by atomic mass is 10.0. The van der Waals surface area contributed by atoms with E-state index in [4.69, 9.17) is 120 Å². The first-order valence-corrected chi connectivity index (χ1v) is 35.2. The van der Waals surface area contributed by atoms with E-state index in [1.165, 1.54) is 36.2 Å². The fraction of sp³-hybridized carbons (Fsp3) is 0.316. The van der Waals surface area contributed by atoms with Crippen molar-refractivity contribution in [1.29, 1.82) is 21.0 Å². The first kappa shape index (κ1) is 38.5. The summed E-state index contributed by atoms with van der Waals surface area (Å²) in [7, 11) is 0. The highest BCUT2D eigenvalue weighted by molar-refractivity contribution is 7.23. The summed E-state index contributed by atoms with van der Waals surface area (Å²) in [4.78, 5) is 33.9. The van der Waals surface area contributed by atoms with Gasteiger partial charge in [0.2, 0.25) is 0 Å². The number of benzene rings is 4. The molecule has 3 unspecified atom stereocenters. The SMILES string of the molecule is [2H]c1c([2H])c(C([2H])N2CCC(N([2H])c3ncnc4sc(Cl)c([2H])c34)CC2)c([2H])c(C#N)c1F.[2H]c1c([2H])c(C([2H])N2CCC([2H])(N([2H])c3ncnc4sc(Cl)c([2H])c34)CC2)c([2H])c(C#N)c1F.[2H]c1nc(N([2H])C2([2H])C([2H])([2H])C([2H])([2H])N(C([2H])([2H])c3c([2H])c([2H])c(F)c(C#N)c3[2H])C([2H])([2H])C2([2H])[2H])c2c([2H])c(Cl)sc2n1.[2H]c1nc(N([2H])C2([2H])C([2H])([2H])C([2H])([2H])N(C([2H])c3c([2H])c([2H])c(F)c(C#N)c3[2H])C([2H])([2H])C2([2H])[2H])c2c([2H])c(Cl)sc2n1. The summed E-state index contributed by atoms with van der Waals surface area (Å²) < 4.78 is 444. The monoisotopic (exact) mass is 1650 g/mol. The van der Waals surface area contributed by atoms with Crippen LogP contribution in [0.2, 0.25) is 23.0 Å². The smallest absolute Gasteiger partial charge is 0.162 e. The molecule has 8 aromatic heterocycles. The molecule has 108 heavy (non-hydrogen) atoms. The maximum Gasteiger partial charge on any atom is 0.162 e. The summed E-state index contributed by atoms with van der Waals surface area (Å²) in [6.07, 6.45) is -14.5. The largest absolute Gasteiger partial charge is 0.367 e. The van der Waals surface area contributed by atoms with E-state index in [1.54, 1.807) is 15.9 Å². The molecule has 552 valence electrons. The van der Waals surface area contributed by atoms with E-state index in [9.17, 15) is 28.1 Å². The lowest BCUT2D eigenvalue weighted by Gasteiger charge is -2.32. The van der Waals surface area contributed by atoms with Crippen molar-refractivity contribution < 1.29 is 80.8 Å². The van der Waals surface area contributed by atoms with Gasteiger partial charge in [-0.05, 0) is 146 Å². The minimum atomic E-state index is -4.19. The van der Waals surface area contributed by atoms with Crippen molar-refractivity contribution in [2.24, 2.45) is 0 Å². The number of anilines is 4. The van der Waals surface area contributed by atoms with Crippen molar-refractivity contribution in [2.45, 2.75) is 101 Å². The number of halogens is 8. The van der Waals surface area contributed by atoms with E-state index in [0.29, 0.717) is 63.7 Å². The highest BCUT2D eigenvalue weighted by Gasteiger charge is 2.27. The third kappa shape index (κ3) is 20.0. The number of piperidine rings is 4. The Balaban J connectivity index is 0.000000172. The Morgan fingerprint density at radius 2 is 0.750 bits per heavy atom. The van der Waals surface area contributed by atoms with Gasteiger partial charge in [-0.3, -0.25) is 19.6 Å². The first-order chi connectivity index (χ1) is 70.9. The lowest BCUT2D eigenvalue weighted by molar-refractivity contribution is 0.211. The van der Waals surface area contributed by atoms with Gasteiger partial charge in [0, 0.05) is 131 Å². The molecular formula is C76H68Cl4F4N20S4. The number of nitriles is 4. The number of rotatable bonds is 16. The number of aromatic nitrogens is 8. The zero-order chi connectivity index (χ0) is 116. The van der Waals surface area contributed by atoms with Crippen LogP contribution in [0.25, 0.3) is 40.9 Å². The summed E-state index contributed by atoms with van der Waals surface area (Å²) >= 11 is 27.6. The Labute approximate surface area is 721 Å². The van der Waals surface area contributed by atoms with Crippen LogP contribution in [-0.4, -0.2) is 136 Å². The molecule has 4 aliphatic heterocycles. The second-order valence-corrected chi connectivity index (χ2v) is 27.8. The predicted octanol–water partition coefficient (Wildman–Crippen LogP) is 17.7. The number of nitrogens with one attached hydrogen (secondary N) is 4. The molecule has 0 saturated carbocycles. The third-order valence-corrected chi connectivity index (χ3v) is 18.8. The fourth-order valence-corrected chi connectivity index (χ4v) is 13.5. The number of likely N-dealkylation sites (tertiary alicyclic amines) is 4. The zero-order valence-electron chi connectivity index (χ0n) is 99.7. The Morgan fingerprint density at radius 3 is 1.15 bits per heavy atom. The molecule has 0 aliphatic carbocycles. The normalized spacial score (nSPS) is 27.5. The van der Waals surface area contributed by atoms with Crippen molar-refractivity contribution in [3.63, 3.8) is 0 Å². The summed E-state index contributed by atoms with van der Waals surface area (Å²) in [6.45, 7) is -24.7. The fourth-order valence-electron chi connectivity index (χ4n) is 9.56. The Morgan fingerprint density at radius 1 is 0.426 bits per heavy atom. The molecule has 4 N–H and O–H groups in total. The van der Waals surface area contributed by atoms with Gasteiger partial charge in [-0.1, -0.05) is 70.6 Å². The highest BCUT2D eigenvalue weighted by atomic mass is 35.5. The zero-order valence-corrected chi connectivity index (χ0v) is 60.0. The minimum absolute atomic E-state index is 0.0106. The van der Waals surface area contributed by atoms with Crippen LogP contribution in [0, 0.1) is 68.6 Å². The molecule has 4 fully saturated rings. The maximum absolute atomic E-state index is 14.5. The molecule has 4 saturated heterocycles. The van der Waals surface area contributed by atoms with Crippen LogP contribution in [0.4, 0.5) is 40.8 Å². The van der Waals surface area contributed by atoms with Gasteiger partial charge in [0.15, 0.2) is 5.65 Å². The van der Waals surface area contributed by atoms with Gasteiger partial charge in [-0.25, -0.2) is 57.4 Å². The van der Waals surface area contributed by atoms with E-state index in [2.05, 4.69) is 39.9 Å². The van der Waals surface area contributed by atoms with E-state index in [1.807, 2.05) is 0 Å². The number of nitrogens with zero attached hydrogens (tertiary/aromatic N) is 16. The summed E-state index contributed by atoms with van der Waals surface area (Å²) in [6, 6.07) is -17.3. The molecule has 3 atom stereocenters. The second-order valence-electron chi connectivity index (χ2n) is 21.4. The number of hydrogen-bond acceptors (Lipinski definition) is 24. The number of fused-ring (bicyclic) bond motifs is 4. The van der Waals surface area contributed by atoms with Crippen molar-refractivity contribution in [2.75, 3.05) is 73.4 Å². The van der Waals surface area contributed by atoms with E-state index >= 15 is 0 Å². The van der Waals surface area contributed by atoms with Gasteiger partial charge in [-0.2, -0.15) is 21.0 Å². The maximum atomic E-state index is 14.5. The lowest BCUT2D eigenvalue weighted by Crippen LogP contribution is -2.38. The predicted molar refractivity (Wildman–Crippen MR) is 422 cm³/mol. The molecule has 0 bridgehead atoms. The van der Waals surface area contributed by atoms with E-state index in [0.717, 1.165) is 28.0 Å². The van der Waals surface area contributed by atoms with Gasteiger partial charge in [0.25, 0.3) is 0 Å². The van der Waals surface area contributed by atoms with Crippen molar-refractivity contribution in [3.05, 3.63) is 207 Å². The topological polar surface area (TPSA) is 259 Å². The molecule has 16 rings (SSSR count). The Kier molecular flexibility index (Phi) is 13.0. The minimum Gasteiger partial charge on any atom is -0.367 e. The van der Waals surface area contributed by atoms with Crippen molar-refractivity contribution in [1.82, 2.24) is 59.5 Å². The summed E-state index contributed by atoms with van der Waals surface area (Å²) in [5.74, 6) is -7.35. The van der Waals surface area contributed by atoms with Crippen LogP contribution in [0.1, 0.15) is 153 Å². The number of thiophene rings is 4. The molecule has 4 aliphatic rings. The van der Waals surface area contributed by atoms with Gasteiger partial charge in [0.05, 0.1) is 87.2 Å². The average molecular weight is 1650 g/mol. The van der Waals surface area contributed by atoms with Crippen LogP contribution >= 0.6 is 91.8 Å². The number of hydrogen-bond donors (Lipinski definition) is 4. The molecule has 0 radical (unpaired) electrons. The quantitative estimate of drug-likeness (QED) is 0.0655. The molecule has 0 amide bonds. The van der Waals surface area contributed by atoms with Gasteiger partial charge < -0.3 is 21.2 Å². The standard InChI is InChI=1S/4C19H17ClFN5S/c4*20-17-8-15-18(23-11-24-19(15)27-17)25-14-3-5-26(6-4-14)10-12-1-2-16(21)13(7-12)9-22/h4*1-2,7-8,11,14H,3-6,10H2,(H,23,24,25)/i1D,2D,3D2,4D2,5D2,6D2,7D,8D,10D2,11D,14D;1D,2D,3D2,4D2,5D2,6D2,7D,8D,10D,11D,14D;1D,2D,7D,8D,10D,14D;1D,2D,7D,8D,10D/hD4. The van der Waals surface area contributed by atoms with Gasteiger partial charge in [0.1, 0.15) is 118 Å². The van der Waals surface area contributed by atoms with Crippen LogP contribution in [0.5, 0.6) is 0 Å². The molecule has 0 spiro atoms. The van der Waals surface area contributed by atoms with E-state index < -0.39 is 277 Å². The van der Waals surface area contributed by atoms with Crippen LogP contribution in [0.3, 0.4) is 0 Å². The summed E-state index contributed by atoms with van der Waals surface area (Å²) in [5.41, 5.74) is -6.75. The Bertz CT molecular complexity index is 7810. The first-order valence-electron chi connectivity index (χ1n) is 53.4. The second kappa shape index (κ2) is 36.4. The van der Waals surface area contributed by atoms with Crippen LogP contribution in [0.15, 0.2) is 122 Å². The molecule has 4 aromatic carbocycles. The Hall–Kier alpha value is -9.08. The van der Waals surface area contributed by atoms with Gasteiger partial charge in [-0.15, -0.1) is 45.3 Å². The average Bonchev–Trinajstić information content (AvgIpc) is 0.725. The molecule has 12 heterocycles.